The fraction of sp³-hybridized carbons (Fsp3) is 0.348. The van der Waals surface area contributed by atoms with E-state index in [0.717, 1.165) is 49.0 Å². The molecule has 1 atom stereocenters. The van der Waals surface area contributed by atoms with E-state index in [2.05, 4.69) is 20.2 Å². The number of carbonyl (C=O) groups excluding carboxylic acids is 1. The standard InChI is InChI=1S/C23H23ClN4O4S2/c24-17-10-4-2-8-15(17)20(29)25-21-26-27-22(33-21)34(30,31)28-18-14-23(12-6-1-7-13-23)32-19-11-5-3-9-16(18)19/h2-5,8-11,18,28H,1,6-7,12-14H2,(H,25,26,29). The number of nitrogens with zero attached hydrogens (tertiary/aromatic N) is 2. The summed E-state index contributed by atoms with van der Waals surface area (Å²) < 4.78 is 35.4. The molecular formula is C23H23ClN4O4S2. The molecule has 2 aliphatic rings. The number of hydrogen-bond donors (Lipinski definition) is 2. The molecule has 8 nitrogen and oxygen atoms in total. The Hall–Kier alpha value is -2.53. The number of para-hydroxylation sites is 1. The molecular weight excluding hydrogens is 496 g/mol. The van der Waals surface area contributed by atoms with Crippen molar-refractivity contribution in [1.29, 1.82) is 0 Å². The van der Waals surface area contributed by atoms with Gasteiger partial charge in [-0.1, -0.05) is 59.7 Å². The first-order chi connectivity index (χ1) is 16.4. The highest BCUT2D eigenvalue weighted by molar-refractivity contribution is 7.91. The van der Waals surface area contributed by atoms with Crippen LogP contribution in [0.2, 0.25) is 5.02 Å². The number of fused-ring (bicyclic) bond motifs is 1. The number of nitrogens with one attached hydrogen (secondary N) is 2. The molecule has 34 heavy (non-hydrogen) atoms. The Morgan fingerprint density at radius 2 is 1.79 bits per heavy atom. The molecule has 2 N–H and O–H groups in total. The lowest BCUT2D eigenvalue weighted by Gasteiger charge is -2.44. The second kappa shape index (κ2) is 9.26. The Labute approximate surface area is 206 Å². The van der Waals surface area contributed by atoms with E-state index in [0.29, 0.717) is 12.2 Å². The lowest BCUT2D eigenvalue weighted by Crippen LogP contribution is -2.46. The fourth-order valence-corrected chi connectivity index (χ4v) is 6.99. The van der Waals surface area contributed by atoms with Crippen LogP contribution in [0.25, 0.3) is 0 Å². The van der Waals surface area contributed by atoms with Crippen molar-refractivity contribution in [3.05, 3.63) is 64.7 Å². The zero-order valence-corrected chi connectivity index (χ0v) is 20.5. The third-order valence-electron chi connectivity index (χ3n) is 6.23. The van der Waals surface area contributed by atoms with Crippen molar-refractivity contribution < 1.29 is 17.9 Å². The molecule has 2 aromatic carbocycles. The second-order valence-corrected chi connectivity index (χ2v) is 11.8. The highest BCUT2D eigenvalue weighted by atomic mass is 35.5. The number of halogens is 1. The largest absolute Gasteiger partial charge is 0.487 e. The predicted molar refractivity (Wildman–Crippen MR) is 130 cm³/mol. The van der Waals surface area contributed by atoms with Crippen molar-refractivity contribution in [1.82, 2.24) is 14.9 Å². The summed E-state index contributed by atoms with van der Waals surface area (Å²) in [5.41, 5.74) is 0.701. The normalized spacial score (nSPS) is 19.3. The lowest BCUT2D eigenvalue weighted by molar-refractivity contribution is 0.0000717. The van der Waals surface area contributed by atoms with E-state index in [1.807, 2.05) is 24.3 Å². The zero-order chi connectivity index (χ0) is 23.8. The third kappa shape index (κ3) is 4.68. The molecule has 11 heteroatoms. The molecule has 5 rings (SSSR count). The van der Waals surface area contributed by atoms with E-state index in [1.165, 1.54) is 0 Å². The molecule has 1 saturated carbocycles. The Balaban J connectivity index is 1.36. The maximum Gasteiger partial charge on any atom is 0.270 e. The summed E-state index contributed by atoms with van der Waals surface area (Å²) in [7, 11) is -3.98. The van der Waals surface area contributed by atoms with Crippen LogP contribution in [-0.2, 0) is 10.0 Å². The van der Waals surface area contributed by atoms with Gasteiger partial charge in [0.05, 0.1) is 16.6 Å². The first kappa shape index (κ1) is 23.2. The van der Waals surface area contributed by atoms with Crippen molar-refractivity contribution in [3.8, 4) is 5.75 Å². The predicted octanol–water partition coefficient (Wildman–Crippen LogP) is 4.95. The summed E-state index contributed by atoms with van der Waals surface area (Å²) in [4.78, 5) is 12.5. The number of amides is 1. The van der Waals surface area contributed by atoms with Gasteiger partial charge in [-0.2, -0.15) is 0 Å². The molecule has 1 aliphatic heterocycles. The molecule has 1 unspecified atom stereocenters. The van der Waals surface area contributed by atoms with Crippen LogP contribution in [0.3, 0.4) is 0 Å². The number of aromatic nitrogens is 2. The van der Waals surface area contributed by atoms with E-state index in [9.17, 15) is 13.2 Å². The van der Waals surface area contributed by atoms with Crippen LogP contribution >= 0.6 is 22.9 Å². The minimum atomic E-state index is -3.98. The van der Waals surface area contributed by atoms with E-state index in [4.69, 9.17) is 16.3 Å². The molecule has 1 fully saturated rings. The third-order valence-corrected chi connectivity index (χ3v) is 9.24. The van der Waals surface area contributed by atoms with Gasteiger partial charge in [0.2, 0.25) is 9.47 Å². The van der Waals surface area contributed by atoms with Gasteiger partial charge in [0, 0.05) is 12.0 Å². The molecule has 178 valence electrons. The molecule has 1 amide bonds. The number of benzene rings is 2. The van der Waals surface area contributed by atoms with Gasteiger partial charge >= 0.3 is 0 Å². The molecule has 1 aromatic heterocycles. The Morgan fingerprint density at radius 3 is 2.59 bits per heavy atom. The first-order valence-electron chi connectivity index (χ1n) is 11.0. The minimum absolute atomic E-state index is 0.0708. The summed E-state index contributed by atoms with van der Waals surface area (Å²) in [5.74, 6) is 0.226. The van der Waals surface area contributed by atoms with Gasteiger partial charge in [-0.25, -0.2) is 13.1 Å². The van der Waals surface area contributed by atoms with Crippen LogP contribution in [0.5, 0.6) is 5.75 Å². The van der Waals surface area contributed by atoms with Crippen LogP contribution in [0.1, 0.15) is 60.5 Å². The van der Waals surface area contributed by atoms with Gasteiger partial charge in [0.15, 0.2) is 0 Å². The average Bonchev–Trinajstić information content (AvgIpc) is 3.29. The maximum absolute atomic E-state index is 13.2. The maximum atomic E-state index is 13.2. The second-order valence-electron chi connectivity index (χ2n) is 8.57. The number of hydrogen-bond acceptors (Lipinski definition) is 7. The van der Waals surface area contributed by atoms with Gasteiger partial charge < -0.3 is 4.74 Å². The molecule has 0 saturated heterocycles. The molecule has 2 heterocycles. The van der Waals surface area contributed by atoms with Crippen LogP contribution in [0, 0.1) is 0 Å². The minimum Gasteiger partial charge on any atom is -0.487 e. The summed E-state index contributed by atoms with van der Waals surface area (Å²) in [6.07, 6.45) is 5.64. The first-order valence-corrected chi connectivity index (χ1v) is 13.7. The molecule has 1 spiro atoms. The highest BCUT2D eigenvalue weighted by Gasteiger charge is 2.43. The van der Waals surface area contributed by atoms with E-state index >= 15 is 0 Å². The lowest BCUT2D eigenvalue weighted by atomic mass is 9.77. The molecule has 3 aromatic rings. The Kier molecular flexibility index (Phi) is 6.32. The zero-order valence-electron chi connectivity index (χ0n) is 18.2. The van der Waals surface area contributed by atoms with Crippen molar-refractivity contribution >= 4 is 44.0 Å². The fourth-order valence-electron chi connectivity index (χ4n) is 4.64. The number of carbonyl (C=O) groups is 1. The van der Waals surface area contributed by atoms with Crippen molar-refractivity contribution in [2.45, 2.75) is 54.5 Å². The Morgan fingerprint density at radius 1 is 1.06 bits per heavy atom. The SMILES string of the molecule is O=C(Nc1nnc(S(=O)(=O)NC2CC3(CCCCC3)Oc3ccccc32)s1)c1ccccc1Cl. The smallest absolute Gasteiger partial charge is 0.270 e. The van der Waals surface area contributed by atoms with Crippen molar-refractivity contribution in [2.24, 2.45) is 0 Å². The summed E-state index contributed by atoms with van der Waals surface area (Å²) in [5, 5.41) is 10.6. The van der Waals surface area contributed by atoms with Crippen LogP contribution in [0.4, 0.5) is 5.13 Å². The van der Waals surface area contributed by atoms with Gasteiger partial charge in [-0.05, 0) is 43.9 Å². The van der Waals surface area contributed by atoms with Crippen LogP contribution in [0.15, 0.2) is 52.9 Å². The number of sulfonamides is 1. The van der Waals surface area contributed by atoms with Crippen molar-refractivity contribution in [2.75, 3.05) is 5.32 Å². The van der Waals surface area contributed by atoms with E-state index in [-0.39, 0.29) is 25.7 Å². The summed E-state index contributed by atoms with van der Waals surface area (Å²) in [6.45, 7) is 0. The topological polar surface area (TPSA) is 110 Å². The van der Waals surface area contributed by atoms with Gasteiger partial charge in [-0.3, -0.25) is 10.1 Å². The quantitative estimate of drug-likeness (QED) is 0.462. The van der Waals surface area contributed by atoms with Crippen LogP contribution in [-0.4, -0.2) is 30.1 Å². The Bertz CT molecular complexity index is 1320. The summed E-state index contributed by atoms with van der Waals surface area (Å²) in [6, 6.07) is 13.7. The van der Waals surface area contributed by atoms with Gasteiger partial charge in [0.1, 0.15) is 11.4 Å². The van der Waals surface area contributed by atoms with Gasteiger partial charge in [-0.15, -0.1) is 10.2 Å². The molecule has 0 bridgehead atoms. The average molecular weight is 519 g/mol. The number of ether oxygens (including phenoxy) is 1. The van der Waals surface area contributed by atoms with Crippen molar-refractivity contribution in [3.63, 3.8) is 0 Å². The number of anilines is 1. The van der Waals surface area contributed by atoms with E-state index < -0.39 is 22.0 Å². The summed E-state index contributed by atoms with van der Waals surface area (Å²) >= 11 is 6.85. The number of rotatable bonds is 5. The monoisotopic (exact) mass is 518 g/mol. The molecule has 0 radical (unpaired) electrons. The molecule has 1 aliphatic carbocycles. The van der Waals surface area contributed by atoms with E-state index in [1.54, 1.807) is 24.3 Å². The van der Waals surface area contributed by atoms with Gasteiger partial charge in [0.25, 0.3) is 15.9 Å². The highest BCUT2D eigenvalue weighted by Crippen LogP contribution is 2.46. The van der Waals surface area contributed by atoms with Crippen LogP contribution < -0.4 is 14.8 Å².